The smallest absolute Gasteiger partial charge is 0.335 e. The summed E-state index contributed by atoms with van der Waals surface area (Å²) >= 11 is 7.22. The molecule has 2 N–H and O–H groups in total. The van der Waals surface area contributed by atoms with Crippen LogP contribution in [0.4, 0.5) is 10.5 Å². The second-order valence-corrected chi connectivity index (χ2v) is 8.51. The highest BCUT2D eigenvalue weighted by atomic mass is 127. The number of phenols is 1. The summed E-state index contributed by atoms with van der Waals surface area (Å²) in [6.07, 6.45) is 1.40. The zero-order chi connectivity index (χ0) is 19.0. The number of hydrogen-bond acceptors (Lipinski definition) is 4. The van der Waals surface area contributed by atoms with E-state index in [1.165, 1.54) is 6.08 Å². The van der Waals surface area contributed by atoms with Crippen LogP contribution in [-0.4, -0.2) is 23.0 Å². The van der Waals surface area contributed by atoms with E-state index in [0.29, 0.717) is 18.4 Å². The van der Waals surface area contributed by atoms with Gasteiger partial charge in [0.05, 0.1) is 12.8 Å². The van der Waals surface area contributed by atoms with Crippen molar-refractivity contribution in [2.24, 2.45) is 0 Å². The highest BCUT2D eigenvalue weighted by Gasteiger charge is 2.36. The number of anilines is 1. The van der Waals surface area contributed by atoms with Gasteiger partial charge in [0.25, 0.3) is 11.8 Å². The summed E-state index contributed by atoms with van der Waals surface area (Å²) in [5.41, 5.74) is 0.758. The number of amides is 4. The molecule has 0 aliphatic carbocycles. The quantitative estimate of drug-likeness (QED) is 0.296. The monoisotopic (exact) mass is 638 g/mol. The number of aromatic hydroxyl groups is 1. The van der Waals surface area contributed by atoms with Gasteiger partial charge in [0, 0.05) is 4.47 Å². The molecule has 3 rings (SSSR count). The molecule has 1 saturated heterocycles. The molecule has 0 radical (unpaired) electrons. The van der Waals surface area contributed by atoms with Gasteiger partial charge in [-0.15, -0.1) is 0 Å². The summed E-state index contributed by atoms with van der Waals surface area (Å²) in [6, 6.07) is 9.08. The maximum Gasteiger partial charge on any atom is 0.335 e. The van der Waals surface area contributed by atoms with Crippen LogP contribution >= 0.6 is 61.1 Å². The van der Waals surface area contributed by atoms with Gasteiger partial charge in [0.1, 0.15) is 11.3 Å². The average molecular weight is 639 g/mol. The Morgan fingerprint density at radius 1 is 1.04 bits per heavy atom. The first-order valence-electron chi connectivity index (χ1n) is 7.13. The fourth-order valence-electron chi connectivity index (χ4n) is 2.32. The van der Waals surface area contributed by atoms with E-state index in [-0.39, 0.29) is 11.3 Å². The first-order chi connectivity index (χ1) is 12.3. The van der Waals surface area contributed by atoms with Crippen molar-refractivity contribution in [1.82, 2.24) is 5.32 Å². The van der Waals surface area contributed by atoms with E-state index in [9.17, 15) is 19.5 Å². The van der Waals surface area contributed by atoms with Gasteiger partial charge in [-0.2, -0.15) is 0 Å². The van der Waals surface area contributed by atoms with Crippen molar-refractivity contribution < 1.29 is 19.5 Å². The largest absolute Gasteiger partial charge is 0.506 e. The molecule has 132 valence electrons. The maximum absolute atomic E-state index is 12.8. The van der Waals surface area contributed by atoms with E-state index < -0.39 is 17.8 Å². The highest BCUT2D eigenvalue weighted by molar-refractivity contribution is 14.1. The number of nitrogens with zero attached hydrogens (tertiary/aromatic N) is 1. The molecule has 2 aromatic rings. The molecule has 0 unspecified atom stereocenters. The van der Waals surface area contributed by atoms with E-state index >= 15 is 0 Å². The Morgan fingerprint density at radius 3 is 2.19 bits per heavy atom. The second kappa shape index (κ2) is 7.64. The number of carbonyl (C=O) groups is 3. The van der Waals surface area contributed by atoms with Crippen molar-refractivity contribution >= 4 is 90.7 Å². The molecule has 0 saturated carbocycles. The number of urea groups is 1. The normalized spacial score (nSPS) is 16.2. The van der Waals surface area contributed by atoms with E-state index in [1.807, 2.05) is 45.2 Å². The van der Waals surface area contributed by atoms with E-state index in [2.05, 4.69) is 21.2 Å². The molecular weight excluding hydrogens is 630 g/mol. The summed E-state index contributed by atoms with van der Waals surface area (Å²) in [7, 11) is 0. The predicted molar refractivity (Wildman–Crippen MR) is 117 cm³/mol. The van der Waals surface area contributed by atoms with Crippen molar-refractivity contribution in [2.75, 3.05) is 4.90 Å². The Morgan fingerprint density at radius 2 is 1.62 bits per heavy atom. The van der Waals surface area contributed by atoms with Gasteiger partial charge in [-0.05, 0) is 93.2 Å². The minimum Gasteiger partial charge on any atom is -0.506 e. The van der Waals surface area contributed by atoms with Crippen molar-refractivity contribution in [3.63, 3.8) is 0 Å². The third-order valence-electron chi connectivity index (χ3n) is 3.54. The molecule has 6 nitrogen and oxygen atoms in total. The molecule has 0 spiro atoms. The molecule has 2 aromatic carbocycles. The lowest BCUT2D eigenvalue weighted by atomic mass is 10.1. The molecular formula is C17H9BrI2N2O4. The summed E-state index contributed by atoms with van der Waals surface area (Å²) in [5.74, 6) is -1.33. The van der Waals surface area contributed by atoms with E-state index in [4.69, 9.17) is 0 Å². The topological polar surface area (TPSA) is 86.7 Å². The zero-order valence-electron chi connectivity index (χ0n) is 12.8. The Bertz CT molecular complexity index is 950. The van der Waals surface area contributed by atoms with Crippen LogP contribution in [0.1, 0.15) is 5.56 Å². The number of barbiturate groups is 1. The first-order valence-corrected chi connectivity index (χ1v) is 10.1. The van der Waals surface area contributed by atoms with Crippen molar-refractivity contribution in [1.29, 1.82) is 0 Å². The van der Waals surface area contributed by atoms with Crippen molar-refractivity contribution in [2.45, 2.75) is 0 Å². The summed E-state index contributed by atoms with van der Waals surface area (Å²) in [6.45, 7) is 0. The molecule has 26 heavy (non-hydrogen) atoms. The maximum atomic E-state index is 12.8. The Balaban J connectivity index is 2.04. The molecule has 1 fully saturated rings. The summed E-state index contributed by atoms with van der Waals surface area (Å²) < 4.78 is 1.97. The van der Waals surface area contributed by atoms with Crippen molar-refractivity contribution in [3.05, 3.63) is 59.1 Å². The van der Waals surface area contributed by atoms with Gasteiger partial charge >= 0.3 is 6.03 Å². The zero-order valence-corrected chi connectivity index (χ0v) is 18.7. The van der Waals surface area contributed by atoms with Gasteiger partial charge < -0.3 is 5.11 Å². The minimum atomic E-state index is -0.797. The number of imide groups is 2. The van der Waals surface area contributed by atoms with E-state index in [0.717, 1.165) is 9.37 Å². The Labute approximate surface area is 184 Å². The third-order valence-corrected chi connectivity index (χ3v) is 5.71. The van der Waals surface area contributed by atoms with Crippen LogP contribution in [-0.2, 0) is 9.59 Å². The number of nitrogens with one attached hydrogen (secondary N) is 1. The average Bonchev–Trinajstić information content (AvgIpc) is 2.58. The van der Waals surface area contributed by atoms with Crippen LogP contribution in [0.2, 0.25) is 0 Å². The van der Waals surface area contributed by atoms with Crippen LogP contribution in [0, 0.1) is 7.14 Å². The molecule has 1 heterocycles. The van der Waals surface area contributed by atoms with Gasteiger partial charge in [-0.1, -0.05) is 15.9 Å². The number of halogens is 3. The summed E-state index contributed by atoms with van der Waals surface area (Å²) in [4.78, 5) is 38.0. The lowest BCUT2D eigenvalue weighted by Gasteiger charge is -2.26. The fourth-order valence-corrected chi connectivity index (χ4v) is 4.40. The van der Waals surface area contributed by atoms with Crippen molar-refractivity contribution in [3.8, 4) is 5.75 Å². The van der Waals surface area contributed by atoms with Gasteiger partial charge in [0.2, 0.25) is 0 Å². The number of hydrogen-bond donors (Lipinski definition) is 2. The first kappa shape index (κ1) is 19.3. The molecule has 0 aromatic heterocycles. The third kappa shape index (κ3) is 3.78. The molecule has 1 aliphatic heterocycles. The SMILES string of the molecule is O=C1NC(=O)N(c2ccc(Br)cc2)C(=O)/C1=C/c1cc(I)c(O)c(I)c1. The fraction of sp³-hybridized carbons (Fsp3) is 0. The number of carbonyl (C=O) groups excluding carboxylic acids is 3. The van der Waals surface area contributed by atoms with E-state index in [1.54, 1.807) is 36.4 Å². The van der Waals surface area contributed by atoms with Crippen LogP contribution in [0.3, 0.4) is 0 Å². The van der Waals surface area contributed by atoms with Crippen LogP contribution in [0.15, 0.2) is 46.4 Å². The molecule has 1 aliphatic rings. The Kier molecular flexibility index (Phi) is 5.67. The standard InChI is InChI=1S/C17H9BrI2N2O4/c18-9-1-3-10(4-2-9)22-16(25)11(15(24)21-17(22)26)5-8-6-12(19)14(23)13(20)7-8/h1-7,23H,(H,21,24,26)/b11-5+. The van der Waals surface area contributed by atoms with Gasteiger partial charge in [-0.3, -0.25) is 14.9 Å². The molecule has 0 bridgehead atoms. The van der Waals surface area contributed by atoms with Crippen LogP contribution in [0.25, 0.3) is 6.08 Å². The molecule has 0 atom stereocenters. The lowest BCUT2D eigenvalue weighted by Crippen LogP contribution is -2.54. The second-order valence-electron chi connectivity index (χ2n) is 5.27. The van der Waals surface area contributed by atoms with Gasteiger partial charge in [-0.25, -0.2) is 9.69 Å². The number of rotatable bonds is 2. The van der Waals surface area contributed by atoms with Crippen LogP contribution < -0.4 is 10.2 Å². The molecule has 4 amide bonds. The lowest BCUT2D eigenvalue weighted by molar-refractivity contribution is -0.122. The molecule has 9 heteroatoms. The highest BCUT2D eigenvalue weighted by Crippen LogP contribution is 2.29. The predicted octanol–water partition coefficient (Wildman–Crippen LogP) is 4.03. The van der Waals surface area contributed by atoms with Gasteiger partial charge in [0.15, 0.2) is 0 Å². The Hall–Kier alpha value is -1.47. The van der Waals surface area contributed by atoms with Crippen LogP contribution in [0.5, 0.6) is 5.75 Å². The minimum absolute atomic E-state index is 0.138. The number of benzene rings is 2. The number of phenolic OH excluding ortho intramolecular Hbond substituents is 1. The summed E-state index contributed by atoms with van der Waals surface area (Å²) in [5, 5.41) is 12.0.